The van der Waals surface area contributed by atoms with Crippen molar-refractivity contribution in [2.75, 3.05) is 7.11 Å². The van der Waals surface area contributed by atoms with Crippen LogP contribution < -0.4 is 0 Å². The molecule has 2 rings (SSSR count). The van der Waals surface area contributed by atoms with Gasteiger partial charge in [-0.25, -0.2) is 4.79 Å². The Bertz CT molecular complexity index is 428. The minimum Gasteiger partial charge on any atom is -0.508 e. The summed E-state index contributed by atoms with van der Waals surface area (Å²) >= 11 is 0. The minimum absolute atomic E-state index is 0. The molecule has 5 heteroatoms. The first-order valence-electron chi connectivity index (χ1n) is 5.14. The Kier molecular flexibility index (Phi) is 4.52. The fourth-order valence-corrected chi connectivity index (χ4v) is 1.77. The maximum atomic E-state index is 11.3. The Morgan fingerprint density at radius 1 is 1.41 bits per heavy atom. The van der Waals surface area contributed by atoms with Crippen LogP contribution in [0.3, 0.4) is 0 Å². The van der Waals surface area contributed by atoms with E-state index in [0.717, 1.165) is 17.7 Å². The molecular weight excluding hydrogens is 242 g/mol. The van der Waals surface area contributed by atoms with Crippen LogP contribution in [0.15, 0.2) is 29.3 Å². The molecule has 1 N–H and O–H groups in total. The predicted octanol–water partition coefficient (Wildman–Crippen LogP) is 1.94. The van der Waals surface area contributed by atoms with Gasteiger partial charge >= 0.3 is 5.97 Å². The van der Waals surface area contributed by atoms with Crippen LogP contribution in [0.2, 0.25) is 0 Å². The molecule has 17 heavy (non-hydrogen) atoms. The fourth-order valence-electron chi connectivity index (χ4n) is 1.77. The first-order valence-corrected chi connectivity index (χ1v) is 5.14. The van der Waals surface area contributed by atoms with Gasteiger partial charge in [-0.3, -0.25) is 4.99 Å². The third-order valence-corrected chi connectivity index (χ3v) is 2.64. The molecule has 0 spiro atoms. The molecule has 1 atom stereocenters. The molecule has 0 fully saturated rings. The molecule has 1 aliphatic heterocycles. The molecule has 1 aliphatic rings. The van der Waals surface area contributed by atoms with E-state index in [0.29, 0.717) is 6.42 Å². The van der Waals surface area contributed by atoms with Gasteiger partial charge in [-0.15, -0.1) is 12.4 Å². The first kappa shape index (κ1) is 13.5. The van der Waals surface area contributed by atoms with E-state index < -0.39 is 0 Å². The second kappa shape index (κ2) is 5.68. The van der Waals surface area contributed by atoms with Crippen LogP contribution in [0.25, 0.3) is 0 Å². The van der Waals surface area contributed by atoms with Crippen LogP contribution in [0, 0.1) is 0 Å². The maximum Gasteiger partial charge on any atom is 0.330 e. The largest absolute Gasteiger partial charge is 0.508 e. The third kappa shape index (κ3) is 2.97. The van der Waals surface area contributed by atoms with Gasteiger partial charge in [0.1, 0.15) is 11.8 Å². The molecule has 0 saturated heterocycles. The molecule has 0 aliphatic carbocycles. The van der Waals surface area contributed by atoms with Gasteiger partial charge in [0.05, 0.1) is 7.11 Å². The lowest BCUT2D eigenvalue weighted by Crippen LogP contribution is -2.16. The molecule has 0 aromatic heterocycles. The van der Waals surface area contributed by atoms with Crippen LogP contribution >= 0.6 is 12.4 Å². The van der Waals surface area contributed by atoms with Crippen LogP contribution in [-0.4, -0.2) is 29.9 Å². The molecule has 0 amide bonds. The Hall–Kier alpha value is -1.55. The van der Waals surface area contributed by atoms with Crippen LogP contribution in [0.5, 0.6) is 5.75 Å². The number of methoxy groups -OCH3 is 1. The van der Waals surface area contributed by atoms with E-state index in [4.69, 9.17) is 5.11 Å². The van der Waals surface area contributed by atoms with Crippen molar-refractivity contribution in [1.82, 2.24) is 0 Å². The highest BCUT2D eigenvalue weighted by Crippen LogP contribution is 2.20. The molecular formula is C12H14ClNO3. The average molecular weight is 256 g/mol. The van der Waals surface area contributed by atoms with Gasteiger partial charge in [-0.1, -0.05) is 0 Å². The maximum absolute atomic E-state index is 11.3. The fraction of sp³-hybridized carbons (Fsp3) is 0.333. The van der Waals surface area contributed by atoms with Gasteiger partial charge < -0.3 is 9.84 Å². The number of esters is 1. The van der Waals surface area contributed by atoms with Gasteiger partial charge in [-0.05, 0) is 42.7 Å². The van der Waals surface area contributed by atoms with Crippen LogP contribution in [0.4, 0.5) is 0 Å². The second-order valence-corrected chi connectivity index (χ2v) is 3.70. The van der Waals surface area contributed by atoms with E-state index >= 15 is 0 Å². The highest BCUT2D eigenvalue weighted by atomic mass is 35.5. The quantitative estimate of drug-likeness (QED) is 0.822. The Labute approximate surface area is 106 Å². The monoisotopic (exact) mass is 255 g/mol. The van der Waals surface area contributed by atoms with Crippen molar-refractivity contribution in [1.29, 1.82) is 0 Å². The van der Waals surface area contributed by atoms with Gasteiger partial charge in [0.25, 0.3) is 0 Å². The zero-order chi connectivity index (χ0) is 11.5. The number of carbonyl (C=O) groups is 1. The normalized spacial score (nSPS) is 18.2. The number of aliphatic imine (C=N–C) groups is 1. The number of halogens is 1. The number of ether oxygens (including phenoxy) is 1. The summed E-state index contributed by atoms with van der Waals surface area (Å²) in [5, 5.41) is 9.16. The SMILES string of the molecule is COC(=O)[C@@H]1CCC(c2ccc(O)cc2)=N1.Cl. The first-order chi connectivity index (χ1) is 7.70. The lowest BCUT2D eigenvalue weighted by molar-refractivity contribution is -0.141. The number of benzene rings is 1. The average Bonchev–Trinajstić information content (AvgIpc) is 2.78. The zero-order valence-corrected chi connectivity index (χ0v) is 10.2. The summed E-state index contributed by atoms with van der Waals surface area (Å²) in [4.78, 5) is 15.6. The molecule has 1 aromatic rings. The Balaban J connectivity index is 0.00000144. The molecule has 0 unspecified atom stereocenters. The summed E-state index contributed by atoms with van der Waals surface area (Å²) in [6, 6.07) is 6.46. The van der Waals surface area contributed by atoms with Crippen LogP contribution in [0.1, 0.15) is 18.4 Å². The van der Waals surface area contributed by atoms with Crippen molar-refractivity contribution in [3.05, 3.63) is 29.8 Å². The van der Waals surface area contributed by atoms with Crippen molar-refractivity contribution in [2.24, 2.45) is 4.99 Å². The number of phenolic OH excluding ortho intramolecular Hbond substituents is 1. The molecule has 1 heterocycles. The summed E-state index contributed by atoms with van der Waals surface area (Å²) in [6.07, 6.45) is 1.47. The summed E-state index contributed by atoms with van der Waals surface area (Å²) in [7, 11) is 1.37. The highest BCUT2D eigenvalue weighted by molar-refractivity contribution is 6.03. The predicted molar refractivity (Wildman–Crippen MR) is 66.9 cm³/mol. The third-order valence-electron chi connectivity index (χ3n) is 2.64. The minimum atomic E-state index is -0.367. The van der Waals surface area contributed by atoms with Crippen molar-refractivity contribution in [2.45, 2.75) is 18.9 Å². The van der Waals surface area contributed by atoms with Gasteiger partial charge in [0, 0.05) is 5.71 Å². The van der Waals surface area contributed by atoms with E-state index in [1.54, 1.807) is 24.3 Å². The molecule has 92 valence electrons. The summed E-state index contributed by atoms with van der Waals surface area (Å²) in [5.74, 6) is -0.0550. The summed E-state index contributed by atoms with van der Waals surface area (Å²) in [6.45, 7) is 0. The van der Waals surface area contributed by atoms with Gasteiger partial charge in [-0.2, -0.15) is 0 Å². The lowest BCUT2D eigenvalue weighted by atomic mass is 10.1. The van der Waals surface area contributed by atoms with Gasteiger partial charge in [0.2, 0.25) is 0 Å². The Morgan fingerprint density at radius 2 is 2.06 bits per heavy atom. The van der Waals surface area contributed by atoms with Gasteiger partial charge in [0.15, 0.2) is 0 Å². The molecule has 1 aromatic carbocycles. The van der Waals surface area contributed by atoms with E-state index in [9.17, 15) is 4.79 Å². The molecule has 0 saturated carbocycles. The topological polar surface area (TPSA) is 58.9 Å². The number of nitrogens with zero attached hydrogens (tertiary/aromatic N) is 1. The van der Waals surface area contributed by atoms with Crippen molar-refractivity contribution in [3.8, 4) is 5.75 Å². The van der Waals surface area contributed by atoms with Crippen molar-refractivity contribution >= 4 is 24.1 Å². The van der Waals surface area contributed by atoms with E-state index in [2.05, 4.69) is 9.73 Å². The van der Waals surface area contributed by atoms with Crippen molar-refractivity contribution in [3.63, 3.8) is 0 Å². The number of rotatable bonds is 2. The van der Waals surface area contributed by atoms with Crippen molar-refractivity contribution < 1.29 is 14.6 Å². The van der Waals surface area contributed by atoms with E-state index in [-0.39, 0.29) is 30.2 Å². The summed E-state index contributed by atoms with van der Waals surface area (Å²) < 4.78 is 4.65. The molecule has 0 radical (unpaired) electrons. The number of aromatic hydroxyl groups is 1. The number of hydrogen-bond acceptors (Lipinski definition) is 4. The lowest BCUT2D eigenvalue weighted by Gasteiger charge is -2.02. The van der Waals surface area contributed by atoms with E-state index in [1.165, 1.54) is 7.11 Å². The molecule has 0 bridgehead atoms. The number of carbonyl (C=O) groups excluding carboxylic acids is 1. The highest BCUT2D eigenvalue weighted by Gasteiger charge is 2.25. The smallest absolute Gasteiger partial charge is 0.330 e. The summed E-state index contributed by atoms with van der Waals surface area (Å²) in [5.41, 5.74) is 1.85. The van der Waals surface area contributed by atoms with Crippen LogP contribution in [-0.2, 0) is 9.53 Å². The van der Waals surface area contributed by atoms with E-state index in [1.807, 2.05) is 0 Å². The number of phenols is 1. The molecule has 4 nitrogen and oxygen atoms in total. The Morgan fingerprint density at radius 3 is 2.65 bits per heavy atom. The zero-order valence-electron chi connectivity index (χ0n) is 9.42. The number of hydrogen-bond donors (Lipinski definition) is 1. The standard InChI is InChI=1S/C12H13NO3.ClH/c1-16-12(15)11-7-6-10(13-11)8-2-4-9(14)5-3-8;/h2-5,11,14H,6-7H2,1H3;1H/t11-;/m0./s1. The second-order valence-electron chi connectivity index (χ2n) is 3.70.